The average molecular weight is 441 g/mol. The summed E-state index contributed by atoms with van der Waals surface area (Å²) in [6, 6.07) is 7.29. The number of hydrogen-bond acceptors (Lipinski definition) is 6. The van der Waals surface area contributed by atoms with E-state index in [-0.39, 0.29) is 26.2 Å². The minimum absolute atomic E-state index is 0.191. The minimum Gasteiger partial charge on any atom is -0.494 e. The Bertz CT molecular complexity index is 919. The van der Waals surface area contributed by atoms with E-state index in [9.17, 15) is 22.8 Å². The Hall–Kier alpha value is -2.66. The SMILES string of the molecule is CCOc1ccccc1CNC(=O)CNC(=O)[C@]1(C)CN(S(C)(=O)=O)CC(=O)N1C. The van der Waals surface area contributed by atoms with Gasteiger partial charge in [-0.2, -0.15) is 4.31 Å². The fraction of sp³-hybridized carbons (Fsp3) is 0.526. The predicted molar refractivity (Wildman–Crippen MR) is 110 cm³/mol. The van der Waals surface area contributed by atoms with Crippen LogP contribution in [-0.2, 0) is 31.0 Å². The molecule has 1 aliphatic rings. The summed E-state index contributed by atoms with van der Waals surface area (Å²) in [6.45, 7) is 3.23. The van der Waals surface area contributed by atoms with Crippen LogP contribution in [0, 0.1) is 0 Å². The highest BCUT2D eigenvalue weighted by Gasteiger charge is 2.47. The molecule has 30 heavy (non-hydrogen) atoms. The quantitative estimate of drug-likeness (QED) is 0.551. The lowest BCUT2D eigenvalue weighted by Gasteiger charge is -2.44. The van der Waals surface area contributed by atoms with Crippen molar-refractivity contribution in [1.29, 1.82) is 0 Å². The summed E-state index contributed by atoms with van der Waals surface area (Å²) in [5, 5.41) is 5.20. The van der Waals surface area contributed by atoms with Crippen molar-refractivity contribution in [1.82, 2.24) is 19.8 Å². The monoisotopic (exact) mass is 440 g/mol. The minimum atomic E-state index is -3.65. The van der Waals surface area contributed by atoms with Gasteiger partial charge in [0.2, 0.25) is 27.7 Å². The second kappa shape index (κ2) is 9.43. The molecule has 11 heteroatoms. The summed E-state index contributed by atoms with van der Waals surface area (Å²) in [6.07, 6.45) is 0.984. The predicted octanol–water partition coefficient (Wildman–Crippen LogP) is -0.690. The van der Waals surface area contributed by atoms with Crippen molar-refractivity contribution in [3.63, 3.8) is 0 Å². The highest BCUT2D eigenvalue weighted by atomic mass is 32.2. The third kappa shape index (κ3) is 5.48. The largest absolute Gasteiger partial charge is 0.494 e. The molecule has 1 aromatic carbocycles. The van der Waals surface area contributed by atoms with Crippen molar-refractivity contribution >= 4 is 27.7 Å². The number of rotatable bonds is 8. The van der Waals surface area contributed by atoms with E-state index < -0.39 is 33.3 Å². The van der Waals surface area contributed by atoms with Crippen molar-refractivity contribution < 1.29 is 27.5 Å². The van der Waals surface area contributed by atoms with Crippen molar-refractivity contribution in [2.45, 2.75) is 25.9 Å². The summed E-state index contributed by atoms with van der Waals surface area (Å²) in [5.41, 5.74) is -0.632. The van der Waals surface area contributed by atoms with E-state index in [4.69, 9.17) is 4.74 Å². The van der Waals surface area contributed by atoms with Crippen molar-refractivity contribution in [3.8, 4) is 5.75 Å². The molecule has 0 aromatic heterocycles. The molecule has 1 aromatic rings. The molecule has 0 bridgehead atoms. The topological polar surface area (TPSA) is 125 Å². The number of likely N-dealkylation sites (N-methyl/N-ethyl adjacent to an activating group) is 1. The first-order valence-electron chi connectivity index (χ1n) is 9.46. The zero-order valence-electron chi connectivity index (χ0n) is 17.6. The Labute approximate surface area is 176 Å². The highest BCUT2D eigenvalue weighted by Crippen LogP contribution is 2.23. The molecule has 10 nitrogen and oxygen atoms in total. The van der Waals surface area contributed by atoms with Crippen LogP contribution in [0.4, 0.5) is 0 Å². The van der Waals surface area contributed by atoms with Crippen LogP contribution in [0.1, 0.15) is 19.4 Å². The maximum absolute atomic E-state index is 12.7. The molecule has 3 amide bonds. The Balaban J connectivity index is 1.97. The molecular weight excluding hydrogens is 412 g/mol. The average Bonchev–Trinajstić information content (AvgIpc) is 2.68. The lowest BCUT2D eigenvalue weighted by Crippen LogP contribution is -2.68. The number of benzene rings is 1. The van der Waals surface area contributed by atoms with Crippen LogP contribution in [0.2, 0.25) is 0 Å². The third-order valence-electron chi connectivity index (χ3n) is 5.03. The van der Waals surface area contributed by atoms with Crippen molar-refractivity contribution in [2.24, 2.45) is 0 Å². The standard InChI is InChI=1S/C19H28N4O6S/c1-5-29-15-9-7-6-8-14(15)10-20-16(24)11-21-18(26)19(2)13-23(30(4,27)28)12-17(25)22(19)3/h6-9H,5,10-13H2,1-4H3,(H,20,24)(H,21,26)/t19-/m0/s1. The number of amides is 3. The highest BCUT2D eigenvalue weighted by molar-refractivity contribution is 7.88. The molecule has 0 saturated carbocycles. The van der Waals surface area contributed by atoms with Crippen LogP contribution < -0.4 is 15.4 Å². The number of ether oxygens (including phenoxy) is 1. The van der Waals surface area contributed by atoms with E-state index in [1.54, 1.807) is 6.07 Å². The van der Waals surface area contributed by atoms with E-state index in [2.05, 4.69) is 10.6 Å². The molecule has 1 heterocycles. The number of piperazine rings is 1. The van der Waals surface area contributed by atoms with Gasteiger partial charge in [-0.15, -0.1) is 0 Å². The molecule has 1 saturated heterocycles. The smallest absolute Gasteiger partial charge is 0.247 e. The van der Waals surface area contributed by atoms with Gasteiger partial charge in [0.1, 0.15) is 11.3 Å². The second-order valence-electron chi connectivity index (χ2n) is 7.26. The second-order valence-corrected chi connectivity index (χ2v) is 9.24. The molecular formula is C19H28N4O6S. The summed E-state index contributed by atoms with van der Waals surface area (Å²) in [5.74, 6) is -0.874. The number of nitrogens with zero attached hydrogens (tertiary/aromatic N) is 2. The summed E-state index contributed by atoms with van der Waals surface area (Å²) in [4.78, 5) is 38.3. The third-order valence-corrected chi connectivity index (χ3v) is 6.22. The molecule has 0 unspecified atom stereocenters. The fourth-order valence-electron chi connectivity index (χ4n) is 3.05. The molecule has 0 aliphatic carbocycles. The van der Waals surface area contributed by atoms with E-state index >= 15 is 0 Å². The van der Waals surface area contributed by atoms with Gasteiger partial charge in [-0.25, -0.2) is 8.42 Å². The molecule has 0 spiro atoms. The van der Waals surface area contributed by atoms with Crippen LogP contribution in [0.5, 0.6) is 5.75 Å². The summed E-state index contributed by atoms with van der Waals surface area (Å²) in [7, 11) is -2.21. The zero-order chi connectivity index (χ0) is 22.5. The van der Waals surface area contributed by atoms with Gasteiger partial charge in [0.05, 0.1) is 26.0 Å². The lowest BCUT2D eigenvalue weighted by molar-refractivity contribution is -0.150. The maximum Gasteiger partial charge on any atom is 0.247 e. The maximum atomic E-state index is 12.7. The van der Waals surface area contributed by atoms with Crippen LogP contribution in [0.15, 0.2) is 24.3 Å². The Morgan fingerprint density at radius 3 is 2.53 bits per heavy atom. The molecule has 1 fully saturated rings. The Morgan fingerprint density at radius 2 is 1.90 bits per heavy atom. The number of para-hydroxylation sites is 1. The van der Waals surface area contributed by atoms with Gasteiger partial charge in [0.25, 0.3) is 0 Å². The Kier molecular flexibility index (Phi) is 7.43. The van der Waals surface area contributed by atoms with Gasteiger partial charge in [0, 0.05) is 25.7 Å². The van der Waals surface area contributed by atoms with Gasteiger partial charge in [-0.05, 0) is 19.9 Å². The first-order chi connectivity index (χ1) is 14.0. The molecule has 2 N–H and O–H groups in total. The Morgan fingerprint density at radius 1 is 1.23 bits per heavy atom. The molecule has 1 atom stereocenters. The fourth-order valence-corrected chi connectivity index (χ4v) is 3.88. The molecule has 1 aliphatic heterocycles. The number of hydrogen-bond donors (Lipinski definition) is 2. The van der Waals surface area contributed by atoms with Gasteiger partial charge in [-0.1, -0.05) is 18.2 Å². The van der Waals surface area contributed by atoms with E-state index in [1.165, 1.54) is 18.9 Å². The lowest BCUT2D eigenvalue weighted by atomic mass is 9.96. The van der Waals surface area contributed by atoms with E-state index in [1.807, 2.05) is 25.1 Å². The van der Waals surface area contributed by atoms with Crippen LogP contribution >= 0.6 is 0 Å². The first kappa shape index (κ1) is 23.6. The van der Waals surface area contributed by atoms with Gasteiger partial charge >= 0.3 is 0 Å². The summed E-state index contributed by atoms with van der Waals surface area (Å²) >= 11 is 0. The van der Waals surface area contributed by atoms with Gasteiger partial charge in [0.15, 0.2) is 0 Å². The number of nitrogens with one attached hydrogen (secondary N) is 2. The number of carbonyl (C=O) groups excluding carboxylic acids is 3. The van der Waals surface area contributed by atoms with Crippen LogP contribution in [0.3, 0.4) is 0 Å². The van der Waals surface area contributed by atoms with Crippen LogP contribution in [-0.4, -0.2) is 80.4 Å². The molecule has 2 rings (SSSR count). The van der Waals surface area contributed by atoms with E-state index in [0.29, 0.717) is 12.4 Å². The molecule has 0 radical (unpaired) electrons. The van der Waals surface area contributed by atoms with Crippen molar-refractivity contribution in [3.05, 3.63) is 29.8 Å². The number of carbonyl (C=O) groups is 3. The van der Waals surface area contributed by atoms with Gasteiger partial charge < -0.3 is 20.3 Å². The van der Waals surface area contributed by atoms with E-state index in [0.717, 1.165) is 16.1 Å². The number of sulfonamides is 1. The normalized spacial score (nSPS) is 20.0. The zero-order valence-corrected chi connectivity index (χ0v) is 18.4. The first-order valence-corrected chi connectivity index (χ1v) is 11.3. The van der Waals surface area contributed by atoms with Crippen molar-refractivity contribution in [2.75, 3.05) is 39.5 Å². The van der Waals surface area contributed by atoms with Crippen LogP contribution in [0.25, 0.3) is 0 Å². The van der Waals surface area contributed by atoms with Gasteiger partial charge in [-0.3, -0.25) is 14.4 Å². The summed E-state index contributed by atoms with van der Waals surface area (Å²) < 4.78 is 30.2. The molecule has 166 valence electrons.